The second kappa shape index (κ2) is 11.5. The second-order valence-electron chi connectivity index (χ2n) is 8.74. The van der Waals surface area contributed by atoms with Crippen molar-refractivity contribution < 1.29 is 33.4 Å². The molecule has 12 heteroatoms. The molecule has 0 saturated carbocycles. The molecule has 33 heavy (non-hydrogen) atoms. The zero-order chi connectivity index (χ0) is 24.8. The third kappa shape index (κ3) is 8.07. The Morgan fingerprint density at radius 1 is 1.36 bits per heavy atom. The lowest BCUT2D eigenvalue weighted by atomic mass is 10.1. The van der Waals surface area contributed by atoms with E-state index in [2.05, 4.69) is 10.5 Å². The maximum Gasteiger partial charge on any atom is 0.351 e. The molecule has 0 aromatic carbocycles. The van der Waals surface area contributed by atoms with Crippen LogP contribution in [0.5, 0.6) is 0 Å². The highest BCUT2D eigenvalue weighted by Gasteiger charge is 2.41. The van der Waals surface area contributed by atoms with E-state index >= 15 is 0 Å². The number of nitrogens with one attached hydrogen (secondary N) is 1. The van der Waals surface area contributed by atoms with Gasteiger partial charge in [-0.25, -0.2) is 15.1 Å². The van der Waals surface area contributed by atoms with E-state index in [1.807, 2.05) is 13.8 Å². The number of aromatic nitrogens is 2. The Morgan fingerprint density at radius 2 is 2.06 bits per heavy atom. The molecule has 0 spiro atoms. The molecule has 1 aliphatic rings. The lowest BCUT2D eigenvalue weighted by Gasteiger charge is -2.30. The number of nitrogens with zero attached hydrogens (tertiary/aromatic N) is 2. The Labute approximate surface area is 192 Å². The zero-order valence-electron chi connectivity index (χ0n) is 19.9. The number of nitrogens with two attached hydrogens (primary N) is 1. The summed E-state index contributed by atoms with van der Waals surface area (Å²) >= 11 is 0. The van der Waals surface area contributed by atoms with Crippen molar-refractivity contribution >= 4 is 17.8 Å². The molecule has 2 rings (SSSR count). The smallest absolute Gasteiger partial charge is 0.351 e. The van der Waals surface area contributed by atoms with E-state index in [9.17, 15) is 14.4 Å². The van der Waals surface area contributed by atoms with Crippen molar-refractivity contribution in [1.82, 2.24) is 9.55 Å². The summed E-state index contributed by atoms with van der Waals surface area (Å²) in [5, 5.41) is 0. The van der Waals surface area contributed by atoms with E-state index in [4.69, 9.17) is 29.5 Å². The fraction of sp³-hybridized carbons (Fsp3) is 0.714. The lowest BCUT2D eigenvalue weighted by Crippen LogP contribution is -2.38. The molecular formula is C21H34N4O8. The van der Waals surface area contributed by atoms with Gasteiger partial charge in [0.2, 0.25) is 0 Å². The quantitative estimate of drug-likeness (QED) is 0.271. The minimum Gasteiger partial charge on any atom is -0.462 e. The largest absolute Gasteiger partial charge is 0.462 e. The van der Waals surface area contributed by atoms with E-state index < -0.39 is 47.9 Å². The standard InChI is InChI=1S/C21H34N4O8/c1-12(2)9-17(26)33-24-16-7-8-25(20(28)23-16)18-15(32-21(4,5)29-6)10-14(31-18)11-30-19(27)13(3)22/h7-8,12-15,18H,9-11,22H2,1-6H3,(H,23,24,28)/t13-,14-,15+,18+/m0/s1. The van der Waals surface area contributed by atoms with Crippen LogP contribution in [0.15, 0.2) is 17.1 Å². The monoisotopic (exact) mass is 470 g/mol. The Kier molecular flexibility index (Phi) is 9.35. The Hall–Kier alpha value is -2.54. The van der Waals surface area contributed by atoms with Crippen molar-refractivity contribution in [3.05, 3.63) is 22.7 Å². The number of esters is 1. The van der Waals surface area contributed by atoms with Crippen molar-refractivity contribution in [2.75, 3.05) is 19.2 Å². The Bertz CT molecular complexity index is 870. The van der Waals surface area contributed by atoms with Gasteiger partial charge >= 0.3 is 17.6 Å². The van der Waals surface area contributed by atoms with Gasteiger partial charge in [-0.1, -0.05) is 13.8 Å². The molecule has 1 aromatic heterocycles. The van der Waals surface area contributed by atoms with E-state index in [-0.39, 0.29) is 24.8 Å². The molecule has 2 heterocycles. The normalized spacial score (nSPS) is 21.6. The molecule has 0 bridgehead atoms. The highest BCUT2D eigenvalue weighted by molar-refractivity contribution is 5.74. The van der Waals surface area contributed by atoms with Crippen LogP contribution in [0.4, 0.5) is 5.82 Å². The van der Waals surface area contributed by atoms with Gasteiger partial charge < -0.3 is 29.5 Å². The van der Waals surface area contributed by atoms with Gasteiger partial charge in [-0.2, -0.15) is 4.98 Å². The van der Waals surface area contributed by atoms with Crippen molar-refractivity contribution in [1.29, 1.82) is 0 Å². The highest BCUT2D eigenvalue weighted by atomic mass is 16.7. The molecular weight excluding hydrogens is 436 g/mol. The average molecular weight is 471 g/mol. The molecule has 1 aliphatic heterocycles. The van der Waals surface area contributed by atoms with Gasteiger partial charge in [-0.05, 0) is 26.7 Å². The number of carbonyl (C=O) groups excluding carboxylic acids is 2. The fourth-order valence-electron chi connectivity index (χ4n) is 3.04. The van der Waals surface area contributed by atoms with Crippen LogP contribution in [0.25, 0.3) is 0 Å². The molecule has 186 valence electrons. The molecule has 0 aliphatic carbocycles. The van der Waals surface area contributed by atoms with Crippen LogP contribution in [-0.2, 0) is 33.4 Å². The Morgan fingerprint density at radius 3 is 2.64 bits per heavy atom. The number of rotatable bonds is 11. The molecule has 4 atom stereocenters. The lowest BCUT2D eigenvalue weighted by molar-refractivity contribution is -0.238. The van der Waals surface area contributed by atoms with Crippen molar-refractivity contribution in [3.8, 4) is 0 Å². The molecule has 1 saturated heterocycles. The summed E-state index contributed by atoms with van der Waals surface area (Å²) in [7, 11) is 1.50. The first kappa shape index (κ1) is 26.7. The number of carbonyl (C=O) groups is 2. The summed E-state index contributed by atoms with van der Waals surface area (Å²) in [6, 6.07) is 0.707. The zero-order valence-corrected chi connectivity index (χ0v) is 19.9. The summed E-state index contributed by atoms with van der Waals surface area (Å²) < 4.78 is 23.7. The van der Waals surface area contributed by atoms with Gasteiger partial charge in [0, 0.05) is 25.8 Å². The summed E-state index contributed by atoms with van der Waals surface area (Å²) in [6.07, 6.45) is 0.0335. The van der Waals surface area contributed by atoms with Gasteiger partial charge in [0.1, 0.15) is 18.8 Å². The topological polar surface area (TPSA) is 153 Å². The van der Waals surface area contributed by atoms with Crippen LogP contribution < -0.4 is 16.9 Å². The minimum atomic E-state index is -0.952. The van der Waals surface area contributed by atoms with Crippen LogP contribution in [0.1, 0.15) is 53.7 Å². The molecule has 0 unspecified atom stereocenters. The van der Waals surface area contributed by atoms with E-state index in [0.717, 1.165) is 0 Å². The number of hydrogen-bond acceptors (Lipinski definition) is 11. The first-order chi connectivity index (χ1) is 15.4. The van der Waals surface area contributed by atoms with Gasteiger partial charge in [0.25, 0.3) is 0 Å². The van der Waals surface area contributed by atoms with Gasteiger partial charge in [-0.3, -0.25) is 9.36 Å². The van der Waals surface area contributed by atoms with E-state index in [1.165, 1.54) is 30.9 Å². The van der Waals surface area contributed by atoms with Crippen molar-refractivity contribution in [2.45, 2.75) is 77.7 Å². The van der Waals surface area contributed by atoms with Crippen LogP contribution in [-0.4, -0.2) is 59.2 Å². The molecule has 3 N–H and O–H groups in total. The van der Waals surface area contributed by atoms with Crippen LogP contribution in [0.3, 0.4) is 0 Å². The molecule has 0 amide bonds. The third-order valence-corrected chi connectivity index (χ3v) is 4.80. The summed E-state index contributed by atoms with van der Waals surface area (Å²) in [6.45, 7) is 8.71. The first-order valence-corrected chi connectivity index (χ1v) is 10.8. The number of hydrogen-bond donors (Lipinski definition) is 2. The maximum atomic E-state index is 12.7. The summed E-state index contributed by atoms with van der Waals surface area (Å²) in [5.74, 6) is -1.77. The molecule has 12 nitrogen and oxygen atoms in total. The second-order valence-corrected chi connectivity index (χ2v) is 8.74. The fourth-order valence-corrected chi connectivity index (χ4v) is 3.04. The molecule has 0 radical (unpaired) electrons. The number of ether oxygens (including phenoxy) is 4. The first-order valence-electron chi connectivity index (χ1n) is 10.8. The maximum absolute atomic E-state index is 12.7. The van der Waals surface area contributed by atoms with Crippen LogP contribution in [0, 0.1) is 5.92 Å². The molecule has 1 aromatic rings. The van der Waals surface area contributed by atoms with Crippen LogP contribution in [0.2, 0.25) is 0 Å². The van der Waals surface area contributed by atoms with Crippen molar-refractivity contribution in [3.63, 3.8) is 0 Å². The summed E-state index contributed by atoms with van der Waals surface area (Å²) in [5.41, 5.74) is 7.25. The highest BCUT2D eigenvalue weighted by Crippen LogP contribution is 2.33. The number of anilines is 1. The van der Waals surface area contributed by atoms with Gasteiger partial charge in [-0.15, -0.1) is 0 Å². The third-order valence-electron chi connectivity index (χ3n) is 4.80. The Balaban J connectivity index is 2.14. The summed E-state index contributed by atoms with van der Waals surface area (Å²) in [4.78, 5) is 44.9. The average Bonchev–Trinajstić information content (AvgIpc) is 3.11. The van der Waals surface area contributed by atoms with Gasteiger partial charge in [0.05, 0.1) is 12.5 Å². The van der Waals surface area contributed by atoms with Gasteiger partial charge in [0.15, 0.2) is 17.8 Å². The predicted octanol–water partition coefficient (Wildman–Crippen LogP) is 1.11. The SMILES string of the molecule is COC(C)(C)O[C@@H]1C[C@@H](COC(=O)[C@H](C)N)O[C@H]1n1ccc(NOC(=O)CC(C)C)nc1=O. The predicted molar refractivity (Wildman–Crippen MR) is 117 cm³/mol. The number of methoxy groups -OCH3 is 1. The van der Waals surface area contributed by atoms with E-state index in [0.29, 0.717) is 6.42 Å². The van der Waals surface area contributed by atoms with Crippen LogP contribution >= 0.6 is 0 Å². The van der Waals surface area contributed by atoms with Crippen molar-refractivity contribution in [2.24, 2.45) is 11.7 Å². The minimum absolute atomic E-state index is 0.0439. The molecule has 1 fully saturated rings. The van der Waals surface area contributed by atoms with E-state index in [1.54, 1.807) is 13.8 Å².